The number of esters is 1. The van der Waals surface area contributed by atoms with Crippen molar-refractivity contribution >= 4 is 27.6 Å². The highest BCUT2D eigenvalue weighted by Crippen LogP contribution is 2.26. The van der Waals surface area contributed by atoms with E-state index in [-0.39, 0.29) is 12.5 Å². The first-order valence-electron chi connectivity index (χ1n) is 6.23. The molecule has 0 aliphatic heterocycles. The van der Waals surface area contributed by atoms with Gasteiger partial charge in [-0.1, -0.05) is 29.8 Å². The fourth-order valence-corrected chi connectivity index (χ4v) is 1.74. The van der Waals surface area contributed by atoms with Crippen LogP contribution in [0.15, 0.2) is 39.0 Å². The molecular weight excluding hydrogens is 322 g/mol. The molecule has 0 radical (unpaired) electrons. The molecule has 106 valence electrons. The number of carbonyl (C=O) groups is 1. The predicted octanol–water partition coefficient (Wildman–Crippen LogP) is 4.01. The van der Waals surface area contributed by atoms with Gasteiger partial charge in [0.05, 0.1) is 12.3 Å². The Hall–Kier alpha value is -1.74. The van der Waals surface area contributed by atoms with Crippen LogP contribution >= 0.6 is 15.9 Å². The molecule has 0 fully saturated rings. The van der Waals surface area contributed by atoms with Crippen LogP contribution in [-0.2, 0) is 9.53 Å². The van der Waals surface area contributed by atoms with Crippen molar-refractivity contribution < 1.29 is 9.53 Å². The lowest BCUT2D eigenvalue weighted by Crippen LogP contribution is -2.41. The molecule has 1 aromatic rings. The summed E-state index contributed by atoms with van der Waals surface area (Å²) in [5.41, 5.74) is -1.04. The van der Waals surface area contributed by atoms with Gasteiger partial charge in [-0.2, -0.15) is 15.5 Å². The van der Waals surface area contributed by atoms with E-state index >= 15 is 0 Å². The van der Waals surface area contributed by atoms with Gasteiger partial charge in [-0.3, -0.25) is 0 Å². The maximum atomic E-state index is 12.0. The first-order chi connectivity index (χ1) is 9.46. The zero-order chi connectivity index (χ0) is 15.2. The van der Waals surface area contributed by atoms with E-state index in [1.165, 1.54) is 0 Å². The van der Waals surface area contributed by atoms with E-state index in [1.807, 2.05) is 18.2 Å². The fourth-order valence-electron chi connectivity index (χ4n) is 1.47. The van der Waals surface area contributed by atoms with Gasteiger partial charge in [0, 0.05) is 10.4 Å². The molecule has 0 N–H and O–H groups in total. The largest absolute Gasteiger partial charge is 0.463 e. The van der Waals surface area contributed by atoms with Crippen LogP contribution in [-0.4, -0.2) is 18.1 Å². The number of rotatable bonds is 5. The molecule has 0 aliphatic rings. The van der Waals surface area contributed by atoms with Crippen LogP contribution in [0.5, 0.6) is 0 Å². The number of halogens is 1. The molecule has 1 unspecified atom stereocenters. The summed E-state index contributed by atoms with van der Waals surface area (Å²) in [7, 11) is 0. The second-order valence-electron chi connectivity index (χ2n) is 4.43. The molecule has 1 rings (SSSR count). The average molecular weight is 338 g/mol. The standard InChI is InChI=1S/C14H16BrN3O2/c1-4-20-13(19)14(9-16,10(2)3)18-17-12-7-5-11(15)6-8-12/h5-8,10H,4H2,1-3H3. The monoisotopic (exact) mass is 337 g/mol. The SMILES string of the molecule is CCOC(=O)C(C#N)(N=Nc1ccc(Br)cc1)C(C)C. The lowest BCUT2D eigenvalue weighted by atomic mass is 9.89. The Morgan fingerprint density at radius 3 is 2.50 bits per heavy atom. The molecule has 1 atom stereocenters. The summed E-state index contributed by atoms with van der Waals surface area (Å²) < 4.78 is 5.86. The molecule has 6 heteroatoms. The second kappa shape index (κ2) is 7.15. The molecule has 0 aromatic heterocycles. The maximum Gasteiger partial charge on any atom is 0.351 e. The maximum absolute atomic E-state index is 12.0. The third-order valence-corrected chi connectivity index (χ3v) is 3.27. The van der Waals surface area contributed by atoms with Crippen molar-refractivity contribution in [1.29, 1.82) is 5.26 Å². The van der Waals surface area contributed by atoms with Crippen LogP contribution in [0.25, 0.3) is 0 Å². The highest BCUT2D eigenvalue weighted by atomic mass is 79.9. The Bertz CT molecular complexity index is 534. The summed E-state index contributed by atoms with van der Waals surface area (Å²) in [6.45, 7) is 5.36. The van der Waals surface area contributed by atoms with Crippen LogP contribution in [0, 0.1) is 17.2 Å². The molecule has 0 aliphatic carbocycles. The quantitative estimate of drug-likeness (QED) is 0.601. The van der Waals surface area contributed by atoms with Crippen LogP contribution in [0.1, 0.15) is 20.8 Å². The fraction of sp³-hybridized carbons (Fsp3) is 0.429. The van der Waals surface area contributed by atoms with Gasteiger partial charge >= 0.3 is 5.97 Å². The molecular formula is C14H16BrN3O2. The van der Waals surface area contributed by atoms with E-state index in [4.69, 9.17) is 4.74 Å². The second-order valence-corrected chi connectivity index (χ2v) is 5.35. The van der Waals surface area contributed by atoms with E-state index in [0.717, 1.165) is 4.47 Å². The van der Waals surface area contributed by atoms with Gasteiger partial charge in [-0.15, -0.1) is 0 Å². The van der Waals surface area contributed by atoms with Gasteiger partial charge in [0.15, 0.2) is 0 Å². The highest BCUT2D eigenvalue weighted by molar-refractivity contribution is 9.10. The molecule has 1 aromatic carbocycles. The van der Waals surface area contributed by atoms with Gasteiger partial charge in [0.2, 0.25) is 0 Å². The van der Waals surface area contributed by atoms with E-state index in [2.05, 4.69) is 26.2 Å². The summed E-state index contributed by atoms with van der Waals surface area (Å²) in [6, 6.07) is 9.03. The number of ether oxygens (including phenoxy) is 1. The third kappa shape index (κ3) is 3.64. The molecule has 0 bridgehead atoms. The third-order valence-electron chi connectivity index (χ3n) is 2.74. The van der Waals surface area contributed by atoms with Crippen molar-refractivity contribution in [3.63, 3.8) is 0 Å². The number of hydrogen-bond donors (Lipinski definition) is 0. The lowest BCUT2D eigenvalue weighted by Gasteiger charge is -2.22. The summed E-state index contributed by atoms with van der Waals surface area (Å²) in [4.78, 5) is 12.0. The van der Waals surface area contributed by atoms with Crippen molar-refractivity contribution in [2.45, 2.75) is 26.3 Å². The minimum atomic E-state index is -1.61. The lowest BCUT2D eigenvalue weighted by molar-refractivity contribution is -0.148. The average Bonchev–Trinajstić information content (AvgIpc) is 2.42. The van der Waals surface area contributed by atoms with E-state index in [0.29, 0.717) is 5.69 Å². The van der Waals surface area contributed by atoms with Crippen molar-refractivity contribution in [3.8, 4) is 6.07 Å². The van der Waals surface area contributed by atoms with Gasteiger partial charge < -0.3 is 4.74 Å². The Morgan fingerprint density at radius 1 is 1.45 bits per heavy atom. The minimum absolute atomic E-state index is 0.197. The molecule has 0 spiro atoms. The smallest absolute Gasteiger partial charge is 0.351 e. The minimum Gasteiger partial charge on any atom is -0.463 e. The molecule has 5 nitrogen and oxygen atoms in total. The summed E-state index contributed by atoms with van der Waals surface area (Å²) in [5, 5.41) is 17.3. The van der Waals surface area contributed by atoms with E-state index in [1.54, 1.807) is 32.9 Å². The van der Waals surface area contributed by atoms with Crippen molar-refractivity contribution in [2.75, 3.05) is 6.61 Å². The Kier molecular flexibility index (Phi) is 5.83. The van der Waals surface area contributed by atoms with Gasteiger partial charge in [0.1, 0.15) is 6.07 Å². The van der Waals surface area contributed by atoms with Crippen molar-refractivity contribution in [2.24, 2.45) is 16.1 Å². The van der Waals surface area contributed by atoms with Gasteiger partial charge in [0.25, 0.3) is 5.54 Å². The molecule has 0 saturated carbocycles. The van der Waals surface area contributed by atoms with Crippen LogP contribution in [0.4, 0.5) is 5.69 Å². The van der Waals surface area contributed by atoms with Crippen LogP contribution < -0.4 is 0 Å². The highest BCUT2D eigenvalue weighted by Gasteiger charge is 2.44. The zero-order valence-electron chi connectivity index (χ0n) is 11.6. The summed E-state index contributed by atoms with van der Waals surface area (Å²) in [6.07, 6.45) is 0. The predicted molar refractivity (Wildman–Crippen MR) is 78.5 cm³/mol. The van der Waals surface area contributed by atoms with Gasteiger partial charge in [-0.25, -0.2) is 4.79 Å². The normalized spacial score (nSPS) is 14.0. The number of nitriles is 1. The summed E-state index contributed by atoms with van der Waals surface area (Å²) in [5.74, 6) is -1.01. The van der Waals surface area contributed by atoms with Crippen molar-refractivity contribution in [1.82, 2.24) is 0 Å². The van der Waals surface area contributed by atoms with Crippen molar-refractivity contribution in [3.05, 3.63) is 28.7 Å². The van der Waals surface area contributed by atoms with Gasteiger partial charge in [-0.05, 0) is 31.2 Å². The number of benzene rings is 1. The Labute approximate surface area is 126 Å². The first-order valence-corrected chi connectivity index (χ1v) is 7.02. The van der Waals surface area contributed by atoms with Crippen LogP contribution in [0.3, 0.4) is 0 Å². The van der Waals surface area contributed by atoms with E-state index < -0.39 is 11.5 Å². The zero-order valence-corrected chi connectivity index (χ0v) is 13.2. The number of hydrogen-bond acceptors (Lipinski definition) is 5. The van der Waals surface area contributed by atoms with Crippen LogP contribution in [0.2, 0.25) is 0 Å². The molecule has 20 heavy (non-hydrogen) atoms. The Morgan fingerprint density at radius 2 is 2.05 bits per heavy atom. The molecule has 0 saturated heterocycles. The number of nitrogens with zero attached hydrogens (tertiary/aromatic N) is 3. The molecule has 0 amide bonds. The topological polar surface area (TPSA) is 74.8 Å². The van der Waals surface area contributed by atoms with E-state index in [9.17, 15) is 10.1 Å². The first kappa shape index (κ1) is 16.3. The number of carbonyl (C=O) groups excluding carboxylic acids is 1. The molecule has 0 heterocycles. The Balaban J connectivity index is 3.10. The summed E-state index contributed by atoms with van der Waals surface area (Å²) >= 11 is 3.32. The number of azo groups is 1.